The molecule has 1 N–H and O–H groups in total. The van der Waals surface area contributed by atoms with Crippen molar-refractivity contribution in [3.8, 4) is 0 Å². The molecule has 0 atom stereocenters. The lowest BCUT2D eigenvalue weighted by Crippen LogP contribution is -2.54. The van der Waals surface area contributed by atoms with E-state index in [4.69, 9.17) is 16.6 Å². The summed E-state index contributed by atoms with van der Waals surface area (Å²) in [6.45, 7) is 0. The number of rotatable bonds is 4. The number of hydrogen-bond acceptors (Lipinski definition) is 5. The standard InChI is InChI=1S/C21H13FN2O3S2/c22-13-5-4-6-14(11-13)24-20(26)17(19(25)23-21(24)28)12-15-9-10-18(27-15)29-16-7-2-1-3-8-16/h1-12H,(H,23,25,28)/b17-12+. The number of anilines is 1. The fourth-order valence-electron chi connectivity index (χ4n) is 2.72. The maximum atomic E-state index is 13.6. The lowest BCUT2D eigenvalue weighted by atomic mass is 10.1. The van der Waals surface area contributed by atoms with Crippen molar-refractivity contribution < 1.29 is 18.4 Å². The number of nitrogens with zero attached hydrogens (tertiary/aromatic N) is 1. The second kappa shape index (κ2) is 8.02. The Hall–Kier alpha value is -3.23. The molecule has 2 amide bonds. The average molecular weight is 424 g/mol. The van der Waals surface area contributed by atoms with Crippen molar-refractivity contribution in [1.29, 1.82) is 0 Å². The predicted octanol–water partition coefficient (Wildman–Crippen LogP) is 4.40. The molecular formula is C21H13FN2O3S2. The highest BCUT2D eigenvalue weighted by atomic mass is 32.2. The van der Waals surface area contributed by atoms with Crippen LogP contribution in [0.2, 0.25) is 0 Å². The van der Waals surface area contributed by atoms with Crippen LogP contribution in [0.3, 0.4) is 0 Å². The molecular weight excluding hydrogens is 411 g/mol. The van der Waals surface area contributed by atoms with E-state index < -0.39 is 17.6 Å². The number of furan rings is 1. The largest absolute Gasteiger partial charge is 0.450 e. The summed E-state index contributed by atoms with van der Waals surface area (Å²) in [5, 5.41) is 2.96. The van der Waals surface area contributed by atoms with Crippen LogP contribution in [0, 0.1) is 5.82 Å². The van der Waals surface area contributed by atoms with Crippen LogP contribution in [0.5, 0.6) is 0 Å². The Kier molecular flexibility index (Phi) is 5.28. The second-order valence-electron chi connectivity index (χ2n) is 6.01. The molecule has 1 saturated heterocycles. The van der Waals surface area contributed by atoms with Crippen LogP contribution in [-0.2, 0) is 9.59 Å². The molecule has 0 unspecified atom stereocenters. The molecule has 0 aliphatic carbocycles. The summed E-state index contributed by atoms with van der Waals surface area (Å²) in [4.78, 5) is 27.3. The molecule has 29 heavy (non-hydrogen) atoms. The van der Waals surface area contributed by atoms with Gasteiger partial charge in [-0.1, -0.05) is 36.0 Å². The van der Waals surface area contributed by atoms with Gasteiger partial charge in [-0.05, 0) is 60.8 Å². The van der Waals surface area contributed by atoms with Gasteiger partial charge < -0.3 is 4.42 Å². The third kappa shape index (κ3) is 4.13. The molecule has 144 valence electrons. The summed E-state index contributed by atoms with van der Waals surface area (Å²) >= 11 is 6.52. The number of benzene rings is 2. The molecule has 8 heteroatoms. The molecule has 3 aromatic rings. The first-order chi connectivity index (χ1) is 14.0. The van der Waals surface area contributed by atoms with Gasteiger partial charge in [0.15, 0.2) is 10.2 Å². The van der Waals surface area contributed by atoms with Crippen molar-refractivity contribution in [3.63, 3.8) is 0 Å². The summed E-state index contributed by atoms with van der Waals surface area (Å²) in [7, 11) is 0. The minimum absolute atomic E-state index is 0.109. The van der Waals surface area contributed by atoms with Crippen LogP contribution in [-0.4, -0.2) is 16.9 Å². The van der Waals surface area contributed by atoms with Crippen LogP contribution in [0.15, 0.2) is 86.7 Å². The molecule has 0 radical (unpaired) electrons. The van der Waals surface area contributed by atoms with Crippen LogP contribution < -0.4 is 10.2 Å². The smallest absolute Gasteiger partial charge is 0.270 e. The van der Waals surface area contributed by atoms with E-state index in [-0.39, 0.29) is 16.4 Å². The maximum Gasteiger partial charge on any atom is 0.270 e. The zero-order valence-corrected chi connectivity index (χ0v) is 16.4. The lowest BCUT2D eigenvalue weighted by molar-refractivity contribution is -0.122. The third-order valence-electron chi connectivity index (χ3n) is 4.02. The molecule has 1 aromatic heterocycles. The fourth-order valence-corrected chi connectivity index (χ4v) is 3.80. The topological polar surface area (TPSA) is 62.6 Å². The molecule has 5 nitrogen and oxygen atoms in total. The van der Waals surface area contributed by atoms with Gasteiger partial charge in [0.1, 0.15) is 17.2 Å². The fraction of sp³-hybridized carbons (Fsp3) is 0. The minimum Gasteiger partial charge on any atom is -0.450 e. The molecule has 0 saturated carbocycles. The third-order valence-corrected chi connectivity index (χ3v) is 5.23. The summed E-state index contributed by atoms with van der Waals surface area (Å²) in [5.74, 6) is -1.47. The average Bonchev–Trinajstić information content (AvgIpc) is 3.13. The number of carbonyl (C=O) groups excluding carboxylic acids is 2. The van der Waals surface area contributed by atoms with E-state index in [1.165, 1.54) is 42.1 Å². The SMILES string of the molecule is O=C1NC(=S)N(c2cccc(F)c2)C(=O)/C1=C/c1ccc(Sc2ccccc2)o1. The summed E-state index contributed by atoms with van der Waals surface area (Å²) < 4.78 is 19.3. The second-order valence-corrected chi connectivity index (χ2v) is 7.47. The Labute approximate surface area is 175 Å². The van der Waals surface area contributed by atoms with Crippen molar-refractivity contribution in [2.75, 3.05) is 4.90 Å². The van der Waals surface area contributed by atoms with Crippen molar-refractivity contribution >= 4 is 52.7 Å². The Bertz CT molecular complexity index is 1140. The molecule has 0 bridgehead atoms. The monoisotopic (exact) mass is 424 g/mol. The zero-order chi connectivity index (χ0) is 20.4. The number of hydrogen-bond donors (Lipinski definition) is 1. The van der Waals surface area contributed by atoms with E-state index in [0.717, 1.165) is 9.80 Å². The maximum absolute atomic E-state index is 13.6. The molecule has 4 rings (SSSR count). The highest BCUT2D eigenvalue weighted by Gasteiger charge is 2.34. The number of thiocarbonyl (C=S) groups is 1. The first kappa shape index (κ1) is 19.1. The summed E-state index contributed by atoms with van der Waals surface area (Å²) in [6.07, 6.45) is 1.35. The van der Waals surface area contributed by atoms with Gasteiger partial charge in [-0.15, -0.1) is 0 Å². The Morgan fingerprint density at radius 2 is 1.83 bits per heavy atom. The van der Waals surface area contributed by atoms with Crippen LogP contribution in [0.4, 0.5) is 10.1 Å². The van der Waals surface area contributed by atoms with Gasteiger partial charge in [-0.25, -0.2) is 4.39 Å². The van der Waals surface area contributed by atoms with E-state index in [1.807, 2.05) is 30.3 Å². The van der Waals surface area contributed by atoms with Gasteiger partial charge in [-0.2, -0.15) is 0 Å². The Balaban J connectivity index is 1.61. The number of nitrogens with one attached hydrogen (secondary N) is 1. The van der Waals surface area contributed by atoms with E-state index >= 15 is 0 Å². The zero-order valence-electron chi connectivity index (χ0n) is 14.8. The van der Waals surface area contributed by atoms with E-state index in [1.54, 1.807) is 12.1 Å². The van der Waals surface area contributed by atoms with Gasteiger partial charge >= 0.3 is 0 Å². The van der Waals surface area contributed by atoms with E-state index in [9.17, 15) is 14.0 Å². The van der Waals surface area contributed by atoms with Crippen molar-refractivity contribution in [3.05, 3.63) is 83.9 Å². The van der Waals surface area contributed by atoms with Crippen molar-refractivity contribution in [1.82, 2.24) is 5.32 Å². The summed E-state index contributed by atoms with van der Waals surface area (Å²) in [6, 6.07) is 18.5. The van der Waals surface area contributed by atoms with E-state index in [2.05, 4.69) is 5.32 Å². The van der Waals surface area contributed by atoms with Crippen LogP contribution in [0.1, 0.15) is 5.76 Å². The molecule has 2 heterocycles. The lowest BCUT2D eigenvalue weighted by Gasteiger charge is -2.28. The minimum atomic E-state index is -0.655. The van der Waals surface area contributed by atoms with Crippen LogP contribution >= 0.6 is 24.0 Å². The van der Waals surface area contributed by atoms with Gasteiger partial charge in [-0.3, -0.25) is 19.8 Å². The van der Waals surface area contributed by atoms with Crippen molar-refractivity contribution in [2.45, 2.75) is 9.99 Å². The number of amides is 2. The first-order valence-electron chi connectivity index (χ1n) is 8.51. The van der Waals surface area contributed by atoms with E-state index in [0.29, 0.717) is 10.9 Å². The number of carbonyl (C=O) groups is 2. The number of halogens is 1. The van der Waals surface area contributed by atoms with Crippen molar-refractivity contribution in [2.24, 2.45) is 0 Å². The Morgan fingerprint density at radius 3 is 2.59 bits per heavy atom. The molecule has 2 aromatic carbocycles. The highest BCUT2D eigenvalue weighted by molar-refractivity contribution is 7.99. The Morgan fingerprint density at radius 1 is 1.03 bits per heavy atom. The molecule has 1 aliphatic rings. The van der Waals surface area contributed by atoms with Gasteiger partial charge in [0.05, 0.1) is 5.69 Å². The quantitative estimate of drug-likeness (QED) is 0.382. The molecule has 1 aliphatic heterocycles. The normalized spacial score (nSPS) is 15.7. The van der Waals surface area contributed by atoms with Gasteiger partial charge in [0.25, 0.3) is 11.8 Å². The molecule has 1 fully saturated rings. The predicted molar refractivity (Wildman–Crippen MR) is 112 cm³/mol. The van der Waals surface area contributed by atoms with Gasteiger partial charge in [0.2, 0.25) is 0 Å². The first-order valence-corrected chi connectivity index (χ1v) is 9.73. The highest BCUT2D eigenvalue weighted by Crippen LogP contribution is 2.30. The summed E-state index contributed by atoms with van der Waals surface area (Å²) in [5.41, 5.74) is 0.0686. The van der Waals surface area contributed by atoms with Gasteiger partial charge in [0, 0.05) is 4.90 Å². The molecule has 0 spiro atoms. The van der Waals surface area contributed by atoms with Crippen LogP contribution in [0.25, 0.3) is 6.08 Å².